The number of nitriles is 2. The molecule has 0 heterocycles. The molecule has 0 bridgehead atoms. The Morgan fingerprint density at radius 2 is 1.58 bits per heavy atom. The van der Waals surface area contributed by atoms with Gasteiger partial charge in [0.05, 0.1) is 12.1 Å². The molecule has 1 aromatic rings. The van der Waals surface area contributed by atoms with E-state index in [1.54, 1.807) is 0 Å². The lowest BCUT2D eigenvalue weighted by Gasteiger charge is -2.17. The number of benzene rings is 1. The van der Waals surface area contributed by atoms with E-state index in [1.807, 2.05) is 30.3 Å². The SMILES string of the molecule is CCCCCCCC(c1ccccc1)C(C#N)C#N. The lowest BCUT2D eigenvalue weighted by Crippen LogP contribution is -2.09. The molecule has 0 aromatic heterocycles. The molecular weight excluding hydrogens is 232 g/mol. The highest BCUT2D eigenvalue weighted by atomic mass is 14.4. The van der Waals surface area contributed by atoms with Crippen molar-refractivity contribution in [3.05, 3.63) is 35.9 Å². The van der Waals surface area contributed by atoms with Crippen molar-refractivity contribution in [1.82, 2.24) is 0 Å². The molecule has 0 aliphatic heterocycles. The maximum absolute atomic E-state index is 9.13. The van der Waals surface area contributed by atoms with Gasteiger partial charge >= 0.3 is 0 Å². The van der Waals surface area contributed by atoms with E-state index in [4.69, 9.17) is 10.5 Å². The summed E-state index contributed by atoms with van der Waals surface area (Å²) < 4.78 is 0. The summed E-state index contributed by atoms with van der Waals surface area (Å²) >= 11 is 0. The Morgan fingerprint density at radius 1 is 0.947 bits per heavy atom. The Balaban J connectivity index is 2.62. The zero-order chi connectivity index (χ0) is 13.9. The fraction of sp³-hybridized carbons (Fsp3) is 0.529. The summed E-state index contributed by atoms with van der Waals surface area (Å²) in [6, 6.07) is 14.3. The van der Waals surface area contributed by atoms with Crippen LogP contribution < -0.4 is 0 Å². The van der Waals surface area contributed by atoms with Gasteiger partial charge in [-0.05, 0) is 12.0 Å². The Morgan fingerprint density at radius 3 is 2.16 bits per heavy atom. The number of nitrogens with zero attached hydrogens (tertiary/aromatic N) is 2. The molecule has 0 N–H and O–H groups in total. The summed E-state index contributed by atoms with van der Waals surface area (Å²) in [5.41, 5.74) is 1.12. The first kappa shape index (κ1) is 15.3. The standard InChI is InChI=1S/C17H22N2/c1-2-3-4-5-9-12-17(16(13-18)14-19)15-10-7-6-8-11-15/h6-8,10-11,16-17H,2-5,9,12H2,1H3. The van der Waals surface area contributed by atoms with E-state index in [0.717, 1.165) is 18.4 Å². The van der Waals surface area contributed by atoms with Gasteiger partial charge in [0.15, 0.2) is 0 Å². The van der Waals surface area contributed by atoms with E-state index < -0.39 is 5.92 Å². The molecule has 2 nitrogen and oxygen atoms in total. The third-order valence-corrected chi connectivity index (χ3v) is 3.53. The van der Waals surface area contributed by atoms with E-state index in [9.17, 15) is 0 Å². The van der Waals surface area contributed by atoms with Gasteiger partial charge in [0.2, 0.25) is 0 Å². The van der Waals surface area contributed by atoms with E-state index in [0.29, 0.717) is 0 Å². The van der Waals surface area contributed by atoms with E-state index in [2.05, 4.69) is 19.1 Å². The van der Waals surface area contributed by atoms with Crippen LogP contribution in [0.15, 0.2) is 30.3 Å². The second kappa shape index (κ2) is 9.17. The third-order valence-electron chi connectivity index (χ3n) is 3.53. The Labute approximate surface area is 116 Å². The van der Waals surface area contributed by atoms with Crippen LogP contribution in [0.1, 0.15) is 56.9 Å². The minimum Gasteiger partial charge on any atom is -0.197 e. The molecule has 0 amide bonds. The molecule has 1 atom stereocenters. The average molecular weight is 254 g/mol. The van der Waals surface area contributed by atoms with Gasteiger partial charge in [0.25, 0.3) is 0 Å². The minimum absolute atomic E-state index is 0.0535. The van der Waals surface area contributed by atoms with Crippen LogP contribution in [-0.4, -0.2) is 0 Å². The lowest BCUT2D eigenvalue weighted by molar-refractivity contribution is 0.510. The average Bonchev–Trinajstić information content (AvgIpc) is 2.47. The van der Waals surface area contributed by atoms with E-state index >= 15 is 0 Å². The Bertz CT molecular complexity index is 411. The molecule has 0 saturated heterocycles. The van der Waals surface area contributed by atoms with Gasteiger partial charge in [-0.1, -0.05) is 69.4 Å². The molecule has 0 spiro atoms. The van der Waals surface area contributed by atoms with Crippen LogP contribution >= 0.6 is 0 Å². The van der Waals surface area contributed by atoms with Crippen molar-refractivity contribution in [2.45, 2.75) is 51.4 Å². The maximum Gasteiger partial charge on any atom is 0.140 e. The molecule has 0 saturated carbocycles. The molecule has 0 radical (unpaired) electrons. The van der Waals surface area contributed by atoms with Gasteiger partial charge < -0.3 is 0 Å². The summed E-state index contributed by atoms with van der Waals surface area (Å²) in [7, 11) is 0. The fourth-order valence-corrected chi connectivity index (χ4v) is 2.40. The summed E-state index contributed by atoms with van der Waals surface area (Å²) in [6.45, 7) is 2.20. The van der Waals surface area contributed by atoms with Gasteiger partial charge in [-0.15, -0.1) is 0 Å². The van der Waals surface area contributed by atoms with E-state index in [-0.39, 0.29) is 5.92 Å². The molecule has 1 aromatic carbocycles. The molecule has 1 rings (SSSR count). The Kier molecular flexibility index (Phi) is 7.37. The largest absolute Gasteiger partial charge is 0.197 e. The molecule has 1 unspecified atom stereocenters. The van der Waals surface area contributed by atoms with Crippen molar-refractivity contribution >= 4 is 0 Å². The van der Waals surface area contributed by atoms with Crippen LogP contribution in [0.4, 0.5) is 0 Å². The van der Waals surface area contributed by atoms with Gasteiger partial charge in [0.1, 0.15) is 5.92 Å². The first-order chi connectivity index (χ1) is 9.33. The summed E-state index contributed by atoms with van der Waals surface area (Å²) in [4.78, 5) is 0. The van der Waals surface area contributed by atoms with Gasteiger partial charge in [-0.25, -0.2) is 0 Å². The van der Waals surface area contributed by atoms with Crippen LogP contribution in [0.25, 0.3) is 0 Å². The van der Waals surface area contributed by atoms with E-state index in [1.165, 1.54) is 25.7 Å². The highest BCUT2D eigenvalue weighted by Gasteiger charge is 2.22. The molecule has 0 aliphatic rings. The minimum atomic E-state index is -0.534. The van der Waals surface area contributed by atoms with Crippen molar-refractivity contribution in [3.63, 3.8) is 0 Å². The summed E-state index contributed by atoms with van der Waals surface area (Å²) in [5.74, 6) is -0.480. The van der Waals surface area contributed by atoms with Crippen LogP contribution in [0.3, 0.4) is 0 Å². The lowest BCUT2D eigenvalue weighted by atomic mass is 9.83. The second-order valence-electron chi connectivity index (χ2n) is 4.96. The zero-order valence-corrected chi connectivity index (χ0v) is 11.7. The monoisotopic (exact) mass is 254 g/mol. The highest BCUT2D eigenvalue weighted by molar-refractivity contribution is 5.24. The normalized spacial score (nSPS) is 11.8. The van der Waals surface area contributed by atoms with Crippen molar-refractivity contribution in [3.8, 4) is 12.1 Å². The molecule has 19 heavy (non-hydrogen) atoms. The summed E-state index contributed by atoms with van der Waals surface area (Å²) in [6.07, 6.45) is 6.98. The van der Waals surface area contributed by atoms with Gasteiger partial charge in [-0.3, -0.25) is 0 Å². The molecule has 2 heteroatoms. The molecule has 0 fully saturated rings. The van der Waals surface area contributed by atoms with Crippen molar-refractivity contribution in [2.75, 3.05) is 0 Å². The first-order valence-corrected chi connectivity index (χ1v) is 7.17. The summed E-state index contributed by atoms with van der Waals surface area (Å²) in [5, 5.41) is 18.3. The number of rotatable bonds is 8. The first-order valence-electron chi connectivity index (χ1n) is 7.17. The van der Waals surface area contributed by atoms with Crippen molar-refractivity contribution < 1.29 is 0 Å². The second-order valence-corrected chi connectivity index (χ2v) is 4.96. The quantitative estimate of drug-likeness (QED) is 0.626. The number of hydrogen-bond acceptors (Lipinski definition) is 2. The van der Waals surface area contributed by atoms with Crippen molar-refractivity contribution in [2.24, 2.45) is 5.92 Å². The van der Waals surface area contributed by atoms with Gasteiger partial charge in [-0.2, -0.15) is 10.5 Å². The molecular formula is C17H22N2. The van der Waals surface area contributed by atoms with Crippen LogP contribution in [0.2, 0.25) is 0 Å². The Hall–Kier alpha value is -1.80. The topological polar surface area (TPSA) is 47.6 Å². The number of unbranched alkanes of at least 4 members (excludes halogenated alkanes) is 4. The molecule has 0 aliphatic carbocycles. The molecule has 100 valence electrons. The smallest absolute Gasteiger partial charge is 0.140 e. The van der Waals surface area contributed by atoms with Gasteiger partial charge in [0, 0.05) is 5.92 Å². The fourth-order valence-electron chi connectivity index (χ4n) is 2.40. The van der Waals surface area contributed by atoms with Crippen LogP contribution in [0.5, 0.6) is 0 Å². The van der Waals surface area contributed by atoms with Crippen LogP contribution in [-0.2, 0) is 0 Å². The van der Waals surface area contributed by atoms with Crippen molar-refractivity contribution in [1.29, 1.82) is 10.5 Å². The zero-order valence-electron chi connectivity index (χ0n) is 11.7. The van der Waals surface area contributed by atoms with Crippen LogP contribution in [0, 0.1) is 28.6 Å². The maximum atomic E-state index is 9.13. The predicted octanol–water partition coefficient (Wildman–Crippen LogP) is 4.79. The predicted molar refractivity (Wildman–Crippen MR) is 77.3 cm³/mol. The highest BCUT2D eigenvalue weighted by Crippen LogP contribution is 2.29. The third kappa shape index (κ3) is 5.14. The number of hydrogen-bond donors (Lipinski definition) is 0.